The Labute approximate surface area is 309 Å². The molecule has 270 valence electrons. The first kappa shape index (κ1) is 37.3. The number of nitrogens with one attached hydrogen (secondary N) is 2. The standard InChI is InChI=1S/C41H43N3O6S2/c1-28-11-21-35(22-12-28)52(47,48)44-37(23-29-7-3-2-4-8-29)40(46)43-25-30-13-19-33(20-14-30)41-49-34(27-51-39-10-6-5-9-36(39)42)24-38(50-41)32-17-15-31(26-45)16-18-32/h2-22,34,37-38,41,44-45H,23-27,42H2,1H3,(H,43,46). The SMILES string of the molecule is Cc1ccc(S(=O)(=O)NC(Cc2ccccc2)C(=O)NCc2ccc(C3OC(CSc4ccccc4N)CC(c4ccc(CO)cc4)O3)cc2)cc1. The maximum atomic E-state index is 13.5. The zero-order chi connectivity index (χ0) is 36.5. The molecule has 11 heteroatoms. The molecule has 0 radical (unpaired) electrons. The van der Waals surface area contributed by atoms with E-state index in [9.17, 15) is 18.3 Å². The summed E-state index contributed by atoms with van der Waals surface area (Å²) in [6.45, 7) is 2.05. The molecule has 4 unspecified atom stereocenters. The van der Waals surface area contributed by atoms with Gasteiger partial charge in [0.1, 0.15) is 6.04 Å². The Kier molecular flexibility index (Phi) is 12.4. The number of carbonyl (C=O) groups is 1. The van der Waals surface area contributed by atoms with Gasteiger partial charge in [-0.15, -0.1) is 11.8 Å². The number of aliphatic hydroxyl groups is 1. The van der Waals surface area contributed by atoms with Crippen molar-refractivity contribution in [3.8, 4) is 0 Å². The number of amides is 1. The molecule has 5 aromatic rings. The number of hydrogen-bond donors (Lipinski definition) is 4. The molecular weight excluding hydrogens is 695 g/mol. The first-order valence-corrected chi connectivity index (χ1v) is 19.6. The van der Waals surface area contributed by atoms with Gasteiger partial charge in [-0.3, -0.25) is 4.79 Å². The number of thioether (sulfide) groups is 1. The summed E-state index contributed by atoms with van der Waals surface area (Å²) in [6.07, 6.45) is -0.154. The zero-order valence-corrected chi connectivity index (χ0v) is 30.5. The highest BCUT2D eigenvalue weighted by Crippen LogP contribution is 2.40. The normalized spacial score (nSPS) is 18.1. The molecule has 52 heavy (non-hydrogen) atoms. The van der Waals surface area contributed by atoms with Gasteiger partial charge in [-0.1, -0.05) is 109 Å². The predicted octanol–water partition coefficient (Wildman–Crippen LogP) is 6.61. The van der Waals surface area contributed by atoms with Crippen molar-refractivity contribution in [1.82, 2.24) is 10.0 Å². The Balaban J connectivity index is 1.14. The molecule has 4 atom stereocenters. The van der Waals surface area contributed by atoms with Crippen LogP contribution in [0.4, 0.5) is 5.69 Å². The lowest BCUT2D eigenvalue weighted by atomic mass is 10.0. The Hall–Kier alpha value is -4.49. The van der Waals surface area contributed by atoms with Crippen LogP contribution in [-0.2, 0) is 43.9 Å². The van der Waals surface area contributed by atoms with E-state index in [1.165, 1.54) is 12.1 Å². The molecule has 1 aliphatic heterocycles. The number of sulfonamides is 1. The third kappa shape index (κ3) is 9.88. The number of nitrogens with two attached hydrogens (primary N) is 1. The number of ether oxygens (including phenoxy) is 2. The van der Waals surface area contributed by atoms with E-state index in [0.29, 0.717) is 12.2 Å². The van der Waals surface area contributed by atoms with E-state index < -0.39 is 28.3 Å². The van der Waals surface area contributed by atoms with Gasteiger partial charge in [-0.25, -0.2) is 8.42 Å². The van der Waals surface area contributed by atoms with Crippen LogP contribution in [0.3, 0.4) is 0 Å². The van der Waals surface area contributed by atoms with Crippen molar-refractivity contribution in [2.75, 3.05) is 11.5 Å². The van der Waals surface area contributed by atoms with Gasteiger partial charge in [0.25, 0.3) is 0 Å². The highest BCUT2D eigenvalue weighted by Gasteiger charge is 2.32. The molecule has 0 aliphatic carbocycles. The maximum Gasteiger partial charge on any atom is 0.241 e. The average molecular weight is 738 g/mol. The van der Waals surface area contributed by atoms with E-state index in [1.807, 2.05) is 110 Å². The predicted molar refractivity (Wildman–Crippen MR) is 204 cm³/mol. The lowest BCUT2D eigenvalue weighted by Gasteiger charge is -2.36. The number of anilines is 1. The maximum absolute atomic E-state index is 13.5. The van der Waals surface area contributed by atoms with Crippen LogP contribution in [0, 0.1) is 6.92 Å². The molecule has 1 heterocycles. The van der Waals surface area contributed by atoms with Crippen molar-refractivity contribution in [1.29, 1.82) is 0 Å². The van der Waals surface area contributed by atoms with Crippen LogP contribution in [0.1, 0.15) is 52.2 Å². The summed E-state index contributed by atoms with van der Waals surface area (Å²) >= 11 is 1.65. The summed E-state index contributed by atoms with van der Waals surface area (Å²) in [6, 6.07) is 38.0. The number of aliphatic hydroxyl groups excluding tert-OH is 1. The lowest BCUT2D eigenvalue weighted by molar-refractivity contribution is -0.245. The van der Waals surface area contributed by atoms with Crippen molar-refractivity contribution in [2.45, 2.75) is 67.2 Å². The second-order valence-electron chi connectivity index (χ2n) is 12.8. The zero-order valence-electron chi connectivity index (χ0n) is 28.9. The highest BCUT2D eigenvalue weighted by molar-refractivity contribution is 7.99. The summed E-state index contributed by atoms with van der Waals surface area (Å²) in [5.74, 6) is 0.248. The molecular formula is C41H43N3O6S2. The van der Waals surface area contributed by atoms with Gasteiger partial charge in [-0.2, -0.15) is 4.72 Å². The van der Waals surface area contributed by atoms with Gasteiger partial charge in [-0.05, 0) is 59.9 Å². The third-order valence-corrected chi connectivity index (χ3v) is 11.6. The van der Waals surface area contributed by atoms with Gasteiger partial charge in [0.15, 0.2) is 6.29 Å². The van der Waals surface area contributed by atoms with Gasteiger partial charge in [0, 0.05) is 34.9 Å². The van der Waals surface area contributed by atoms with E-state index in [2.05, 4.69) is 10.0 Å². The lowest BCUT2D eigenvalue weighted by Crippen LogP contribution is -2.47. The van der Waals surface area contributed by atoms with Crippen LogP contribution in [0.2, 0.25) is 0 Å². The van der Waals surface area contributed by atoms with Crippen LogP contribution in [0.25, 0.3) is 0 Å². The van der Waals surface area contributed by atoms with Crippen molar-refractivity contribution in [3.63, 3.8) is 0 Å². The van der Waals surface area contributed by atoms with Gasteiger partial charge in [0.2, 0.25) is 15.9 Å². The monoisotopic (exact) mass is 737 g/mol. The molecule has 0 aromatic heterocycles. The van der Waals surface area contributed by atoms with E-state index in [1.54, 1.807) is 23.9 Å². The average Bonchev–Trinajstić information content (AvgIpc) is 3.17. The largest absolute Gasteiger partial charge is 0.398 e. The second-order valence-corrected chi connectivity index (χ2v) is 15.6. The minimum Gasteiger partial charge on any atom is -0.398 e. The summed E-state index contributed by atoms with van der Waals surface area (Å²) in [5, 5.41) is 12.5. The Morgan fingerprint density at radius 3 is 2.17 bits per heavy atom. The molecule has 5 aromatic carbocycles. The molecule has 5 N–H and O–H groups in total. The quantitative estimate of drug-likeness (QED) is 0.0738. The third-order valence-electron chi connectivity index (χ3n) is 8.91. The van der Waals surface area contributed by atoms with Crippen LogP contribution < -0.4 is 15.8 Å². The minimum atomic E-state index is -3.95. The smallest absolute Gasteiger partial charge is 0.241 e. The van der Waals surface area contributed by atoms with Gasteiger partial charge < -0.3 is 25.6 Å². The number of hydrogen-bond acceptors (Lipinski definition) is 8. The number of nitrogen functional groups attached to an aromatic ring is 1. The molecule has 0 bridgehead atoms. The van der Waals surface area contributed by atoms with E-state index in [-0.39, 0.29) is 36.7 Å². The van der Waals surface area contributed by atoms with Crippen LogP contribution in [0.5, 0.6) is 0 Å². The van der Waals surface area contributed by atoms with Crippen molar-refractivity contribution < 1.29 is 27.8 Å². The van der Waals surface area contributed by atoms with E-state index >= 15 is 0 Å². The van der Waals surface area contributed by atoms with Gasteiger partial charge in [0.05, 0.1) is 23.7 Å². The fourth-order valence-electron chi connectivity index (χ4n) is 5.93. The van der Waals surface area contributed by atoms with Crippen molar-refractivity contribution in [3.05, 3.63) is 161 Å². The van der Waals surface area contributed by atoms with E-state index in [0.717, 1.165) is 44.0 Å². The number of para-hydroxylation sites is 1. The minimum absolute atomic E-state index is 0.0289. The van der Waals surface area contributed by atoms with Gasteiger partial charge >= 0.3 is 0 Å². The number of aryl methyl sites for hydroxylation is 1. The first-order chi connectivity index (χ1) is 25.2. The summed E-state index contributed by atoms with van der Waals surface area (Å²) in [5.41, 5.74) is 12.2. The Morgan fingerprint density at radius 1 is 0.827 bits per heavy atom. The molecule has 1 amide bonds. The molecule has 1 saturated heterocycles. The van der Waals surface area contributed by atoms with E-state index in [4.69, 9.17) is 15.2 Å². The van der Waals surface area contributed by atoms with Crippen LogP contribution >= 0.6 is 11.8 Å². The second kappa shape index (κ2) is 17.4. The summed E-state index contributed by atoms with van der Waals surface area (Å²) in [7, 11) is -3.95. The fraction of sp³-hybridized carbons (Fsp3) is 0.244. The molecule has 0 spiro atoms. The molecule has 0 saturated carbocycles. The van der Waals surface area contributed by atoms with Crippen LogP contribution in [-0.4, -0.2) is 37.3 Å². The number of rotatable bonds is 14. The highest BCUT2D eigenvalue weighted by atomic mass is 32.2. The van der Waals surface area contributed by atoms with Crippen LogP contribution in [0.15, 0.2) is 137 Å². The molecule has 9 nitrogen and oxygen atoms in total. The topological polar surface area (TPSA) is 140 Å². The first-order valence-electron chi connectivity index (χ1n) is 17.1. The molecule has 1 fully saturated rings. The molecule has 1 aliphatic rings. The fourth-order valence-corrected chi connectivity index (χ4v) is 8.12. The number of benzene rings is 5. The van der Waals surface area contributed by atoms with Crippen molar-refractivity contribution >= 4 is 33.4 Å². The summed E-state index contributed by atoms with van der Waals surface area (Å²) < 4.78 is 42.2. The number of carbonyl (C=O) groups excluding carboxylic acids is 1. The van der Waals surface area contributed by atoms with Crippen molar-refractivity contribution in [2.24, 2.45) is 0 Å². The Morgan fingerprint density at radius 2 is 1.48 bits per heavy atom. The molecule has 6 rings (SSSR count). The Bertz CT molecular complexity index is 2030. The summed E-state index contributed by atoms with van der Waals surface area (Å²) in [4.78, 5) is 14.6.